The van der Waals surface area contributed by atoms with E-state index in [0.717, 1.165) is 19.3 Å². The Hall–Kier alpha value is -1.06. The maximum Gasteiger partial charge on any atom is 0.309 e. The Balaban J connectivity index is 2.01. The molecular weight excluding hydrogens is 266 g/mol. The number of carboxylic acid groups (broad SMARTS) is 1. The van der Waals surface area contributed by atoms with Crippen molar-refractivity contribution in [2.45, 2.75) is 65.7 Å². The predicted molar refractivity (Wildman–Crippen MR) is 81.9 cm³/mol. The molecule has 0 aromatic carbocycles. The fourth-order valence-electron chi connectivity index (χ4n) is 4.05. The molecule has 0 radical (unpaired) electrons. The van der Waals surface area contributed by atoms with E-state index < -0.39 is 11.4 Å². The fourth-order valence-corrected chi connectivity index (χ4v) is 4.05. The molecule has 1 aliphatic carbocycles. The summed E-state index contributed by atoms with van der Waals surface area (Å²) in [4.78, 5) is 26.2. The molecule has 1 atom stereocenters. The summed E-state index contributed by atoms with van der Waals surface area (Å²) in [7, 11) is 0. The molecule has 2 aliphatic rings. The number of amides is 1. The van der Waals surface area contributed by atoms with E-state index in [4.69, 9.17) is 0 Å². The first kappa shape index (κ1) is 16.3. The Morgan fingerprint density at radius 1 is 1.14 bits per heavy atom. The third kappa shape index (κ3) is 3.09. The van der Waals surface area contributed by atoms with Gasteiger partial charge in [-0.15, -0.1) is 0 Å². The predicted octanol–water partition coefficient (Wildman–Crippen LogP) is 3.31. The highest BCUT2D eigenvalue weighted by molar-refractivity contribution is 5.81. The minimum absolute atomic E-state index is 0.0847. The van der Waals surface area contributed by atoms with Gasteiger partial charge in [0, 0.05) is 19.0 Å². The number of carbonyl (C=O) groups excluding carboxylic acids is 1. The lowest BCUT2D eigenvalue weighted by molar-refractivity contribution is -0.156. The van der Waals surface area contributed by atoms with Crippen LogP contribution in [0.1, 0.15) is 65.7 Å². The minimum Gasteiger partial charge on any atom is -0.481 e. The zero-order chi connectivity index (χ0) is 15.7. The Morgan fingerprint density at radius 2 is 1.76 bits per heavy atom. The number of hydrogen-bond acceptors (Lipinski definition) is 2. The van der Waals surface area contributed by atoms with Crippen LogP contribution in [0, 0.1) is 16.7 Å². The zero-order valence-corrected chi connectivity index (χ0v) is 13.7. The highest BCUT2D eigenvalue weighted by Gasteiger charge is 2.44. The second-order valence-corrected chi connectivity index (χ2v) is 7.55. The molecule has 1 N–H and O–H groups in total. The molecule has 1 saturated heterocycles. The summed E-state index contributed by atoms with van der Waals surface area (Å²) < 4.78 is 0. The van der Waals surface area contributed by atoms with E-state index >= 15 is 0 Å². The summed E-state index contributed by atoms with van der Waals surface area (Å²) in [6.45, 7) is 7.55. The SMILES string of the molecule is CCC1(C(=O)O)CCN(C(=O)C2CCCCC2(C)C)CC1. The van der Waals surface area contributed by atoms with Crippen molar-refractivity contribution in [3.8, 4) is 0 Å². The van der Waals surface area contributed by atoms with Crippen molar-refractivity contribution in [2.75, 3.05) is 13.1 Å². The number of aliphatic carboxylic acids is 1. The van der Waals surface area contributed by atoms with Gasteiger partial charge in [0.25, 0.3) is 0 Å². The van der Waals surface area contributed by atoms with Crippen LogP contribution in [-0.2, 0) is 9.59 Å². The van der Waals surface area contributed by atoms with Gasteiger partial charge in [0.1, 0.15) is 0 Å². The molecule has 0 aromatic rings. The van der Waals surface area contributed by atoms with Gasteiger partial charge in [0.05, 0.1) is 5.41 Å². The van der Waals surface area contributed by atoms with E-state index in [1.807, 2.05) is 11.8 Å². The van der Waals surface area contributed by atoms with Gasteiger partial charge >= 0.3 is 5.97 Å². The Kier molecular flexibility index (Phi) is 4.64. The number of carbonyl (C=O) groups is 2. The van der Waals surface area contributed by atoms with Crippen LogP contribution in [0.5, 0.6) is 0 Å². The standard InChI is InChI=1S/C17H29NO3/c1-4-17(15(20)21)9-11-18(12-10-17)14(19)13-7-5-6-8-16(13,2)3/h13H,4-12H2,1-3H3,(H,20,21). The van der Waals surface area contributed by atoms with Gasteiger partial charge in [-0.25, -0.2) is 0 Å². The number of hydrogen-bond donors (Lipinski definition) is 1. The normalized spacial score (nSPS) is 28.1. The molecule has 1 heterocycles. The van der Waals surface area contributed by atoms with Gasteiger partial charge in [-0.1, -0.05) is 33.6 Å². The summed E-state index contributed by atoms with van der Waals surface area (Å²) in [5, 5.41) is 9.44. The molecule has 1 amide bonds. The van der Waals surface area contributed by atoms with Crippen LogP contribution in [0.25, 0.3) is 0 Å². The van der Waals surface area contributed by atoms with Crippen molar-refractivity contribution >= 4 is 11.9 Å². The van der Waals surface area contributed by atoms with Crippen LogP contribution < -0.4 is 0 Å². The van der Waals surface area contributed by atoms with Gasteiger partial charge < -0.3 is 10.0 Å². The third-order valence-electron chi connectivity index (χ3n) is 5.97. The van der Waals surface area contributed by atoms with Gasteiger partial charge in [0.2, 0.25) is 5.91 Å². The summed E-state index contributed by atoms with van der Waals surface area (Å²) in [6.07, 6.45) is 6.30. The molecule has 2 fully saturated rings. The summed E-state index contributed by atoms with van der Waals surface area (Å²) in [5.41, 5.74) is -0.527. The lowest BCUT2D eigenvalue weighted by Crippen LogP contribution is -2.50. The first-order chi connectivity index (χ1) is 9.82. The minimum atomic E-state index is -0.699. The molecule has 4 heteroatoms. The van der Waals surface area contributed by atoms with Crippen LogP contribution in [-0.4, -0.2) is 35.0 Å². The number of rotatable bonds is 3. The molecule has 0 spiro atoms. The number of nitrogens with zero attached hydrogens (tertiary/aromatic N) is 1. The topological polar surface area (TPSA) is 57.6 Å². The van der Waals surface area contributed by atoms with E-state index in [2.05, 4.69) is 13.8 Å². The van der Waals surface area contributed by atoms with Gasteiger partial charge in [0.15, 0.2) is 0 Å². The van der Waals surface area contributed by atoms with E-state index in [1.54, 1.807) is 0 Å². The molecule has 1 unspecified atom stereocenters. The number of carboxylic acids is 1. The van der Waals surface area contributed by atoms with Crippen molar-refractivity contribution in [3.05, 3.63) is 0 Å². The Labute approximate surface area is 127 Å². The number of likely N-dealkylation sites (tertiary alicyclic amines) is 1. The van der Waals surface area contributed by atoms with Crippen molar-refractivity contribution in [1.29, 1.82) is 0 Å². The number of piperidine rings is 1. The van der Waals surface area contributed by atoms with Crippen molar-refractivity contribution in [1.82, 2.24) is 4.90 Å². The highest BCUT2D eigenvalue weighted by Crippen LogP contribution is 2.43. The fraction of sp³-hybridized carbons (Fsp3) is 0.882. The smallest absolute Gasteiger partial charge is 0.309 e. The van der Waals surface area contributed by atoms with Gasteiger partial charge in [-0.2, -0.15) is 0 Å². The molecule has 0 bridgehead atoms. The lowest BCUT2D eigenvalue weighted by atomic mass is 9.68. The van der Waals surface area contributed by atoms with E-state index in [1.165, 1.54) is 6.42 Å². The van der Waals surface area contributed by atoms with Crippen LogP contribution in [0.2, 0.25) is 0 Å². The zero-order valence-electron chi connectivity index (χ0n) is 13.7. The van der Waals surface area contributed by atoms with Gasteiger partial charge in [-0.3, -0.25) is 9.59 Å². The molecular formula is C17H29NO3. The Morgan fingerprint density at radius 3 is 2.24 bits per heavy atom. The monoisotopic (exact) mass is 295 g/mol. The first-order valence-corrected chi connectivity index (χ1v) is 8.34. The van der Waals surface area contributed by atoms with E-state index in [9.17, 15) is 14.7 Å². The molecule has 21 heavy (non-hydrogen) atoms. The maximum absolute atomic E-state index is 12.8. The molecule has 4 nitrogen and oxygen atoms in total. The van der Waals surface area contributed by atoms with Crippen LogP contribution >= 0.6 is 0 Å². The first-order valence-electron chi connectivity index (χ1n) is 8.34. The average Bonchev–Trinajstić information content (AvgIpc) is 2.46. The second-order valence-electron chi connectivity index (χ2n) is 7.55. The van der Waals surface area contributed by atoms with Crippen LogP contribution in [0.15, 0.2) is 0 Å². The Bertz CT molecular complexity index is 408. The van der Waals surface area contributed by atoms with Gasteiger partial charge in [-0.05, 0) is 37.5 Å². The van der Waals surface area contributed by atoms with Crippen LogP contribution in [0.4, 0.5) is 0 Å². The molecule has 2 rings (SSSR count). The lowest BCUT2D eigenvalue weighted by Gasteiger charge is -2.44. The van der Waals surface area contributed by atoms with Crippen LogP contribution in [0.3, 0.4) is 0 Å². The highest BCUT2D eigenvalue weighted by atomic mass is 16.4. The third-order valence-corrected chi connectivity index (χ3v) is 5.97. The van der Waals surface area contributed by atoms with E-state index in [0.29, 0.717) is 32.4 Å². The maximum atomic E-state index is 12.8. The quantitative estimate of drug-likeness (QED) is 0.869. The summed E-state index contributed by atoms with van der Waals surface area (Å²) in [5.74, 6) is -0.324. The molecule has 1 aliphatic heterocycles. The molecule has 0 aromatic heterocycles. The van der Waals surface area contributed by atoms with Crippen molar-refractivity contribution in [2.24, 2.45) is 16.7 Å². The van der Waals surface area contributed by atoms with E-state index in [-0.39, 0.29) is 17.2 Å². The average molecular weight is 295 g/mol. The van der Waals surface area contributed by atoms with Crippen molar-refractivity contribution < 1.29 is 14.7 Å². The largest absolute Gasteiger partial charge is 0.481 e. The summed E-state index contributed by atoms with van der Waals surface area (Å²) in [6, 6.07) is 0. The summed E-state index contributed by atoms with van der Waals surface area (Å²) >= 11 is 0. The molecule has 120 valence electrons. The second kappa shape index (κ2) is 5.98. The van der Waals surface area contributed by atoms with Crippen molar-refractivity contribution in [3.63, 3.8) is 0 Å². The molecule has 1 saturated carbocycles.